The smallest absolute Gasteiger partial charge is 0.130 e. The van der Waals surface area contributed by atoms with Crippen LogP contribution in [-0.2, 0) is 0 Å². The predicted molar refractivity (Wildman–Crippen MR) is 63.5 cm³/mol. The molecule has 0 bridgehead atoms. The largest absolute Gasteiger partial charge is 0.330 e. The summed E-state index contributed by atoms with van der Waals surface area (Å²) in [6.45, 7) is 4.38. The molecule has 1 aromatic rings. The summed E-state index contributed by atoms with van der Waals surface area (Å²) in [6.07, 6.45) is 0.978. The van der Waals surface area contributed by atoms with Crippen molar-refractivity contribution in [2.45, 2.75) is 19.4 Å². The number of nitrogens with two attached hydrogens (primary N) is 1. The summed E-state index contributed by atoms with van der Waals surface area (Å²) >= 11 is 0. The second-order valence-corrected chi connectivity index (χ2v) is 4.52. The van der Waals surface area contributed by atoms with Crippen molar-refractivity contribution in [2.75, 3.05) is 19.6 Å². The summed E-state index contributed by atoms with van der Waals surface area (Å²) < 4.78 is 26.7. The molecule has 0 aromatic heterocycles. The second-order valence-electron chi connectivity index (χ2n) is 4.52. The SMILES string of the molecule is CCN1CCC(CN)C1c1ccc(F)cc1F. The van der Waals surface area contributed by atoms with Crippen molar-refractivity contribution in [3.63, 3.8) is 0 Å². The summed E-state index contributed by atoms with van der Waals surface area (Å²) in [6, 6.07) is 3.81. The van der Waals surface area contributed by atoms with Crippen LogP contribution in [-0.4, -0.2) is 24.5 Å². The molecule has 0 aliphatic carbocycles. The third kappa shape index (κ3) is 2.33. The van der Waals surface area contributed by atoms with Crippen LogP contribution < -0.4 is 5.73 Å². The molecule has 0 spiro atoms. The number of benzene rings is 1. The standard InChI is InChI=1S/C13H18F2N2/c1-2-17-6-5-9(8-16)13(17)11-4-3-10(14)7-12(11)15/h3-4,7,9,13H,2,5-6,8,16H2,1H3. The molecule has 0 radical (unpaired) electrons. The maximum Gasteiger partial charge on any atom is 0.130 e. The minimum atomic E-state index is -0.531. The van der Waals surface area contributed by atoms with Crippen LogP contribution in [0.15, 0.2) is 18.2 Å². The van der Waals surface area contributed by atoms with Gasteiger partial charge in [0.2, 0.25) is 0 Å². The fourth-order valence-corrected chi connectivity index (χ4v) is 2.72. The van der Waals surface area contributed by atoms with Gasteiger partial charge in [0.15, 0.2) is 0 Å². The van der Waals surface area contributed by atoms with Crippen LogP contribution in [0.5, 0.6) is 0 Å². The first-order chi connectivity index (χ1) is 8.17. The molecule has 2 atom stereocenters. The van der Waals surface area contributed by atoms with E-state index in [1.54, 1.807) is 6.07 Å². The van der Waals surface area contributed by atoms with E-state index in [2.05, 4.69) is 4.90 Å². The van der Waals surface area contributed by atoms with Gasteiger partial charge in [0, 0.05) is 17.7 Å². The van der Waals surface area contributed by atoms with Gasteiger partial charge in [-0.3, -0.25) is 4.90 Å². The van der Waals surface area contributed by atoms with E-state index in [4.69, 9.17) is 5.73 Å². The fraction of sp³-hybridized carbons (Fsp3) is 0.538. The Morgan fingerprint density at radius 1 is 1.41 bits per heavy atom. The zero-order chi connectivity index (χ0) is 12.4. The Labute approximate surface area is 100 Å². The Morgan fingerprint density at radius 2 is 2.18 bits per heavy atom. The van der Waals surface area contributed by atoms with Crippen LogP contribution >= 0.6 is 0 Å². The van der Waals surface area contributed by atoms with Crippen LogP contribution in [0, 0.1) is 17.6 Å². The van der Waals surface area contributed by atoms with Crippen LogP contribution in [0.1, 0.15) is 24.9 Å². The quantitative estimate of drug-likeness (QED) is 0.878. The monoisotopic (exact) mass is 240 g/mol. The van der Waals surface area contributed by atoms with Gasteiger partial charge >= 0.3 is 0 Å². The van der Waals surface area contributed by atoms with Crippen LogP contribution in [0.3, 0.4) is 0 Å². The highest BCUT2D eigenvalue weighted by molar-refractivity contribution is 5.24. The molecular weight excluding hydrogens is 222 g/mol. The van der Waals surface area contributed by atoms with Gasteiger partial charge in [-0.2, -0.15) is 0 Å². The lowest BCUT2D eigenvalue weighted by atomic mass is 9.93. The zero-order valence-electron chi connectivity index (χ0n) is 10.00. The number of nitrogens with zero attached hydrogens (tertiary/aromatic N) is 1. The number of hydrogen-bond acceptors (Lipinski definition) is 2. The highest BCUT2D eigenvalue weighted by Crippen LogP contribution is 2.37. The summed E-state index contributed by atoms with van der Waals surface area (Å²) in [5.41, 5.74) is 6.31. The number of hydrogen-bond donors (Lipinski definition) is 1. The molecule has 2 nitrogen and oxygen atoms in total. The Bertz CT molecular complexity index is 383. The topological polar surface area (TPSA) is 29.3 Å². The molecule has 2 N–H and O–H groups in total. The van der Waals surface area contributed by atoms with E-state index in [9.17, 15) is 8.78 Å². The third-order valence-corrected chi connectivity index (χ3v) is 3.62. The maximum absolute atomic E-state index is 13.8. The Kier molecular flexibility index (Phi) is 3.74. The molecule has 2 rings (SSSR count). The molecule has 2 unspecified atom stereocenters. The van der Waals surface area contributed by atoms with Crippen molar-refractivity contribution < 1.29 is 8.78 Å². The third-order valence-electron chi connectivity index (χ3n) is 3.62. The average Bonchev–Trinajstić information content (AvgIpc) is 2.71. The number of halogens is 2. The van der Waals surface area contributed by atoms with Crippen molar-refractivity contribution in [2.24, 2.45) is 11.7 Å². The zero-order valence-corrected chi connectivity index (χ0v) is 10.00. The van der Waals surface area contributed by atoms with Crippen molar-refractivity contribution in [1.82, 2.24) is 4.90 Å². The minimum Gasteiger partial charge on any atom is -0.330 e. The molecule has 1 aliphatic heterocycles. The lowest BCUT2D eigenvalue weighted by Crippen LogP contribution is -2.28. The molecular formula is C13H18F2N2. The Hall–Kier alpha value is -1.00. The van der Waals surface area contributed by atoms with Crippen molar-refractivity contribution in [1.29, 1.82) is 0 Å². The van der Waals surface area contributed by atoms with E-state index in [0.29, 0.717) is 12.1 Å². The molecule has 1 fully saturated rings. The minimum absolute atomic E-state index is 0.00870. The summed E-state index contributed by atoms with van der Waals surface area (Å²) in [5, 5.41) is 0. The molecule has 1 aromatic carbocycles. The lowest BCUT2D eigenvalue weighted by Gasteiger charge is -2.27. The van der Waals surface area contributed by atoms with Gasteiger partial charge in [0.25, 0.3) is 0 Å². The van der Waals surface area contributed by atoms with Gasteiger partial charge in [0.1, 0.15) is 11.6 Å². The highest BCUT2D eigenvalue weighted by Gasteiger charge is 2.34. The molecule has 1 saturated heterocycles. The van der Waals surface area contributed by atoms with E-state index < -0.39 is 11.6 Å². The first-order valence-electron chi connectivity index (χ1n) is 6.06. The van der Waals surface area contributed by atoms with Gasteiger partial charge in [-0.15, -0.1) is 0 Å². The highest BCUT2D eigenvalue weighted by atomic mass is 19.1. The van der Waals surface area contributed by atoms with Gasteiger partial charge in [-0.25, -0.2) is 8.78 Å². The van der Waals surface area contributed by atoms with Gasteiger partial charge in [0.05, 0.1) is 0 Å². The first-order valence-corrected chi connectivity index (χ1v) is 6.06. The Balaban J connectivity index is 2.34. The molecule has 17 heavy (non-hydrogen) atoms. The summed E-state index contributed by atoms with van der Waals surface area (Å²) in [7, 11) is 0. The van der Waals surface area contributed by atoms with E-state index in [0.717, 1.165) is 25.6 Å². The van der Waals surface area contributed by atoms with Gasteiger partial charge < -0.3 is 5.73 Å². The molecule has 1 aliphatic rings. The van der Waals surface area contributed by atoms with E-state index in [1.165, 1.54) is 6.07 Å². The second kappa shape index (κ2) is 5.10. The maximum atomic E-state index is 13.8. The summed E-state index contributed by atoms with van der Waals surface area (Å²) in [5.74, 6) is -0.736. The van der Waals surface area contributed by atoms with E-state index >= 15 is 0 Å². The fourth-order valence-electron chi connectivity index (χ4n) is 2.72. The molecule has 0 amide bonds. The molecule has 0 saturated carbocycles. The molecule has 1 heterocycles. The van der Waals surface area contributed by atoms with E-state index in [1.807, 2.05) is 6.92 Å². The van der Waals surface area contributed by atoms with Crippen LogP contribution in [0.4, 0.5) is 8.78 Å². The first kappa shape index (κ1) is 12.5. The number of rotatable bonds is 3. The van der Waals surface area contributed by atoms with Crippen LogP contribution in [0.2, 0.25) is 0 Å². The van der Waals surface area contributed by atoms with Crippen LogP contribution in [0.25, 0.3) is 0 Å². The molecule has 94 valence electrons. The Morgan fingerprint density at radius 3 is 2.76 bits per heavy atom. The van der Waals surface area contributed by atoms with Crippen molar-refractivity contribution >= 4 is 0 Å². The lowest BCUT2D eigenvalue weighted by molar-refractivity contribution is 0.236. The molecule has 4 heteroatoms. The van der Waals surface area contributed by atoms with Crippen molar-refractivity contribution in [3.05, 3.63) is 35.4 Å². The van der Waals surface area contributed by atoms with Gasteiger partial charge in [-0.05, 0) is 38.0 Å². The summed E-state index contributed by atoms with van der Waals surface area (Å²) in [4.78, 5) is 2.20. The van der Waals surface area contributed by atoms with E-state index in [-0.39, 0.29) is 12.0 Å². The van der Waals surface area contributed by atoms with Gasteiger partial charge in [-0.1, -0.05) is 13.0 Å². The number of likely N-dealkylation sites (tertiary alicyclic amines) is 1. The van der Waals surface area contributed by atoms with Crippen molar-refractivity contribution in [3.8, 4) is 0 Å². The average molecular weight is 240 g/mol. The predicted octanol–water partition coefficient (Wildman–Crippen LogP) is 2.31. The normalized spacial score (nSPS) is 25.4.